The molecule has 5 nitrogen and oxygen atoms in total. The second-order valence-corrected chi connectivity index (χ2v) is 6.73. The van der Waals surface area contributed by atoms with Crippen LogP contribution in [0.1, 0.15) is 5.56 Å². The van der Waals surface area contributed by atoms with Crippen LogP contribution in [0.4, 0.5) is 0 Å². The van der Waals surface area contributed by atoms with Crippen molar-refractivity contribution in [2.24, 2.45) is 0 Å². The van der Waals surface area contributed by atoms with Crippen molar-refractivity contribution in [3.05, 3.63) is 16.7 Å². The standard InChI is InChI=1S/C10H10Cl2O5S/c1-15-7-4-8-10(17-3-2-16-8)6(9(7)11)5-18(12,13)14/h4H,2-3,5H2,1H3. The first kappa shape index (κ1) is 13.6. The summed E-state index contributed by atoms with van der Waals surface area (Å²) >= 11 is 6.07. The minimum atomic E-state index is -3.76. The molecule has 1 heterocycles. The lowest BCUT2D eigenvalue weighted by molar-refractivity contribution is 0.169. The van der Waals surface area contributed by atoms with Gasteiger partial charge in [-0.05, 0) is 0 Å². The summed E-state index contributed by atoms with van der Waals surface area (Å²) < 4.78 is 38.2. The molecule has 0 amide bonds. The van der Waals surface area contributed by atoms with E-state index in [0.717, 1.165) is 0 Å². The van der Waals surface area contributed by atoms with Gasteiger partial charge < -0.3 is 14.2 Å². The van der Waals surface area contributed by atoms with Crippen molar-refractivity contribution < 1.29 is 22.6 Å². The van der Waals surface area contributed by atoms with Crippen LogP contribution in [0.2, 0.25) is 5.02 Å². The first-order chi connectivity index (χ1) is 8.42. The van der Waals surface area contributed by atoms with Crippen molar-refractivity contribution in [2.75, 3.05) is 20.3 Å². The molecule has 0 fully saturated rings. The predicted molar refractivity (Wildman–Crippen MR) is 67.5 cm³/mol. The minimum Gasteiger partial charge on any atom is -0.495 e. The number of fused-ring (bicyclic) bond motifs is 1. The lowest BCUT2D eigenvalue weighted by Crippen LogP contribution is -2.17. The highest BCUT2D eigenvalue weighted by Gasteiger charge is 2.25. The zero-order chi connectivity index (χ0) is 13.3. The number of hydrogen-bond donors (Lipinski definition) is 0. The summed E-state index contributed by atoms with van der Waals surface area (Å²) in [6.07, 6.45) is 0. The topological polar surface area (TPSA) is 61.8 Å². The van der Waals surface area contributed by atoms with Crippen molar-refractivity contribution in [1.82, 2.24) is 0 Å². The van der Waals surface area contributed by atoms with Crippen molar-refractivity contribution in [2.45, 2.75) is 5.75 Å². The third-order valence-electron chi connectivity index (χ3n) is 2.37. The van der Waals surface area contributed by atoms with E-state index in [9.17, 15) is 8.42 Å². The highest BCUT2D eigenvalue weighted by molar-refractivity contribution is 8.13. The Morgan fingerprint density at radius 1 is 1.39 bits per heavy atom. The zero-order valence-electron chi connectivity index (χ0n) is 9.40. The Morgan fingerprint density at radius 2 is 2.06 bits per heavy atom. The molecule has 0 aliphatic carbocycles. The number of hydrogen-bond acceptors (Lipinski definition) is 5. The summed E-state index contributed by atoms with van der Waals surface area (Å²) in [6.45, 7) is 0.704. The third kappa shape index (κ3) is 2.76. The van der Waals surface area contributed by atoms with Crippen LogP contribution < -0.4 is 14.2 Å². The molecule has 0 spiro atoms. The summed E-state index contributed by atoms with van der Waals surface area (Å²) in [5.74, 6) is 0.571. The number of ether oxygens (including phenoxy) is 3. The van der Waals surface area contributed by atoms with Crippen LogP contribution in [0.15, 0.2) is 6.07 Å². The minimum absolute atomic E-state index is 0.158. The fourth-order valence-corrected chi connectivity index (χ4v) is 2.97. The Hall–Kier alpha value is -0.850. The first-order valence-corrected chi connectivity index (χ1v) is 7.85. The van der Waals surface area contributed by atoms with Gasteiger partial charge in [0.25, 0.3) is 0 Å². The molecule has 18 heavy (non-hydrogen) atoms. The van der Waals surface area contributed by atoms with Crippen LogP contribution in [0.5, 0.6) is 17.2 Å². The SMILES string of the molecule is COc1cc2c(c(CS(=O)(=O)Cl)c1Cl)OCCO2. The average molecular weight is 313 g/mol. The van der Waals surface area contributed by atoms with Crippen LogP contribution in [-0.4, -0.2) is 28.7 Å². The lowest BCUT2D eigenvalue weighted by Gasteiger charge is -2.22. The third-order valence-corrected chi connectivity index (χ3v) is 3.74. The van der Waals surface area contributed by atoms with Gasteiger partial charge >= 0.3 is 0 Å². The van der Waals surface area contributed by atoms with Gasteiger partial charge in [0.05, 0.1) is 17.9 Å². The van der Waals surface area contributed by atoms with Crippen molar-refractivity contribution in [3.63, 3.8) is 0 Å². The maximum atomic E-state index is 11.2. The zero-order valence-corrected chi connectivity index (χ0v) is 11.7. The monoisotopic (exact) mass is 312 g/mol. The van der Waals surface area contributed by atoms with Crippen LogP contribution in [0, 0.1) is 0 Å². The summed E-state index contributed by atoms with van der Waals surface area (Å²) in [6, 6.07) is 1.56. The molecule has 1 aliphatic heterocycles. The first-order valence-electron chi connectivity index (χ1n) is 4.99. The molecule has 0 N–H and O–H groups in total. The van der Waals surface area contributed by atoms with Gasteiger partial charge in [-0.15, -0.1) is 0 Å². The van der Waals surface area contributed by atoms with Gasteiger partial charge in [-0.3, -0.25) is 0 Å². The molecule has 100 valence electrons. The molecule has 0 aromatic heterocycles. The van der Waals surface area contributed by atoms with Gasteiger partial charge in [0.1, 0.15) is 19.0 Å². The summed E-state index contributed by atoms with van der Waals surface area (Å²) in [5.41, 5.74) is 0.251. The van der Waals surface area contributed by atoms with E-state index in [1.807, 2.05) is 0 Å². The fraction of sp³-hybridized carbons (Fsp3) is 0.400. The van der Waals surface area contributed by atoms with Crippen LogP contribution in [0.25, 0.3) is 0 Å². The quantitative estimate of drug-likeness (QED) is 0.801. The Bertz CT molecular complexity index is 570. The van der Waals surface area contributed by atoms with Crippen LogP contribution in [0.3, 0.4) is 0 Å². The Morgan fingerprint density at radius 3 is 2.67 bits per heavy atom. The number of benzene rings is 1. The van der Waals surface area contributed by atoms with E-state index >= 15 is 0 Å². The molecule has 0 saturated carbocycles. The van der Waals surface area contributed by atoms with E-state index in [1.54, 1.807) is 6.07 Å². The second-order valence-electron chi connectivity index (χ2n) is 3.58. The molecule has 0 bridgehead atoms. The number of methoxy groups -OCH3 is 1. The fourth-order valence-electron chi connectivity index (χ4n) is 1.66. The Labute approximate surface area is 114 Å². The molecule has 1 aliphatic rings. The molecule has 8 heteroatoms. The largest absolute Gasteiger partial charge is 0.495 e. The smallest absolute Gasteiger partial charge is 0.236 e. The van der Waals surface area contributed by atoms with Gasteiger partial charge in [-0.25, -0.2) is 8.42 Å². The number of rotatable bonds is 3. The van der Waals surface area contributed by atoms with Gasteiger partial charge in [-0.1, -0.05) is 11.6 Å². The predicted octanol–water partition coefficient (Wildman–Crippen LogP) is 2.19. The van der Waals surface area contributed by atoms with Gasteiger partial charge in [0, 0.05) is 22.3 Å². The van der Waals surface area contributed by atoms with Crippen molar-refractivity contribution >= 4 is 31.3 Å². The maximum Gasteiger partial charge on any atom is 0.236 e. The molecular weight excluding hydrogens is 303 g/mol. The summed E-state index contributed by atoms with van der Waals surface area (Å²) in [7, 11) is 2.92. The lowest BCUT2D eigenvalue weighted by atomic mass is 10.2. The molecular formula is C10H10Cl2O5S. The van der Waals surface area contributed by atoms with E-state index in [-0.39, 0.29) is 10.6 Å². The van der Waals surface area contributed by atoms with Crippen molar-refractivity contribution in [3.8, 4) is 17.2 Å². The molecule has 0 radical (unpaired) electrons. The molecule has 1 aromatic rings. The number of halogens is 2. The summed E-state index contributed by atoms with van der Waals surface area (Å²) in [4.78, 5) is 0. The Kier molecular flexibility index (Phi) is 3.79. The van der Waals surface area contributed by atoms with E-state index < -0.39 is 14.8 Å². The van der Waals surface area contributed by atoms with Gasteiger partial charge in [0.15, 0.2) is 11.5 Å². The Balaban J connectivity index is 2.60. The molecule has 0 saturated heterocycles. The average Bonchev–Trinajstić information content (AvgIpc) is 2.31. The van der Waals surface area contributed by atoms with Gasteiger partial charge in [0.2, 0.25) is 9.05 Å². The normalized spacial score (nSPS) is 14.4. The summed E-state index contributed by atoms with van der Waals surface area (Å²) in [5, 5.41) is 0.158. The maximum absolute atomic E-state index is 11.2. The van der Waals surface area contributed by atoms with E-state index in [4.69, 9.17) is 36.5 Å². The van der Waals surface area contributed by atoms with Crippen molar-refractivity contribution in [1.29, 1.82) is 0 Å². The van der Waals surface area contributed by atoms with Gasteiger partial charge in [-0.2, -0.15) is 0 Å². The molecule has 0 atom stereocenters. The highest BCUT2D eigenvalue weighted by atomic mass is 35.7. The van der Waals surface area contributed by atoms with E-state index in [1.165, 1.54) is 7.11 Å². The molecule has 1 aromatic carbocycles. The molecule has 0 unspecified atom stereocenters. The van der Waals surface area contributed by atoms with E-state index in [2.05, 4.69) is 0 Å². The van der Waals surface area contributed by atoms with Crippen LogP contribution in [-0.2, 0) is 14.8 Å². The molecule has 2 rings (SSSR count). The van der Waals surface area contributed by atoms with Crippen LogP contribution >= 0.6 is 22.3 Å². The van der Waals surface area contributed by atoms with E-state index in [0.29, 0.717) is 30.5 Å². The second kappa shape index (κ2) is 5.03. The highest BCUT2D eigenvalue weighted by Crippen LogP contribution is 2.44.